The molecule has 0 fully saturated rings. The number of aliphatic carboxylic acids is 1. The molecule has 0 saturated carbocycles. The molecule has 0 spiro atoms. The van der Waals surface area contributed by atoms with E-state index in [1.54, 1.807) is 6.92 Å². The highest BCUT2D eigenvalue weighted by atomic mass is 32.1. The number of carbonyl (C=O) groups excluding carboxylic acids is 1. The molecule has 0 radical (unpaired) electrons. The van der Waals surface area contributed by atoms with Crippen LogP contribution >= 0.6 is 11.3 Å². The van der Waals surface area contributed by atoms with Crippen molar-refractivity contribution in [2.75, 3.05) is 5.73 Å². The molecule has 2 aromatic heterocycles. The molecule has 0 bridgehead atoms. The van der Waals surface area contributed by atoms with Crippen LogP contribution in [0.5, 0.6) is 0 Å². The van der Waals surface area contributed by atoms with Gasteiger partial charge < -0.3 is 21.1 Å². The zero-order valence-corrected chi connectivity index (χ0v) is 11.4. The Hall–Kier alpha value is -2.42. The van der Waals surface area contributed by atoms with Gasteiger partial charge in [-0.1, -0.05) is 11.3 Å². The number of H-pyrrole nitrogens is 1. The normalized spacial score (nSPS) is 12.1. The first-order valence-corrected chi connectivity index (χ1v) is 6.53. The van der Waals surface area contributed by atoms with E-state index in [2.05, 4.69) is 20.3 Å². The summed E-state index contributed by atoms with van der Waals surface area (Å²) < 4.78 is 0. The van der Waals surface area contributed by atoms with Gasteiger partial charge in [0.15, 0.2) is 5.13 Å². The van der Waals surface area contributed by atoms with Gasteiger partial charge in [-0.2, -0.15) is 0 Å². The number of hydrogen-bond acceptors (Lipinski definition) is 6. The van der Waals surface area contributed by atoms with Crippen molar-refractivity contribution in [3.63, 3.8) is 0 Å². The summed E-state index contributed by atoms with van der Waals surface area (Å²) in [5.74, 6) is -1.62. The quantitative estimate of drug-likeness (QED) is 0.621. The Kier molecular flexibility index (Phi) is 3.99. The van der Waals surface area contributed by atoms with Gasteiger partial charge in [0.05, 0.1) is 12.0 Å². The summed E-state index contributed by atoms with van der Waals surface area (Å²) in [5, 5.41) is 11.9. The van der Waals surface area contributed by atoms with Crippen molar-refractivity contribution in [2.45, 2.75) is 19.4 Å². The van der Waals surface area contributed by atoms with Crippen molar-refractivity contribution in [1.29, 1.82) is 0 Å². The van der Waals surface area contributed by atoms with Gasteiger partial charge in [-0.05, 0) is 6.92 Å². The number of aromatic nitrogens is 3. The van der Waals surface area contributed by atoms with E-state index in [9.17, 15) is 9.59 Å². The molecular weight excluding hydrogens is 282 g/mol. The van der Waals surface area contributed by atoms with Crippen LogP contribution in [-0.2, 0) is 11.2 Å². The summed E-state index contributed by atoms with van der Waals surface area (Å²) in [6, 6.07) is -1.05. The summed E-state index contributed by atoms with van der Waals surface area (Å²) in [6.45, 7) is 1.65. The average molecular weight is 295 g/mol. The monoisotopic (exact) mass is 295 g/mol. The van der Waals surface area contributed by atoms with Crippen LogP contribution in [0.15, 0.2) is 12.5 Å². The Morgan fingerprint density at radius 1 is 1.60 bits per heavy atom. The average Bonchev–Trinajstić information content (AvgIpc) is 2.97. The molecule has 1 atom stereocenters. The molecule has 0 aromatic carbocycles. The molecule has 0 saturated heterocycles. The van der Waals surface area contributed by atoms with Crippen molar-refractivity contribution < 1.29 is 14.7 Å². The maximum Gasteiger partial charge on any atom is 0.326 e. The number of amides is 1. The van der Waals surface area contributed by atoms with E-state index >= 15 is 0 Å². The third-order valence-electron chi connectivity index (χ3n) is 2.60. The van der Waals surface area contributed by atoms with Crippen molar-refractivity contribution in [2.24, 2.45) is 0 Å². The Bertz CT molecular complexity index is 622. The van der Waals surface area contributed by atoms with Gasteiger partial charge in [-0.3, -0.25) is 4.79 Å². The van der Waals surface area contributed by atoms with Crippen molar-refractivity contribution in [3.8, 4) is 0 Å². The third kappa shape index (κ3) is 3.12. The molecular formula is C11H13N5O3S. The molecule has 2 heterocycles. The van der Waals surface area contributed by atoms with E-state index in [1.165, 1.54) is 12.5 Å². The van der Waals surface area contributed by atoms with Crippen molar-refractivity contribution in [3.05, 3.63) is 28.8 Å². The van der Waals surface area contributed by atoms with Gasteiger partial charge in [-0.15, -0.1) is 0 Å². The van der Waals surface area contributed by atoms with Gasteiger partial charge in [0.2, 0.25) is 0 Å². The molecule has 2 aromatic rings. The summed E-state index contributed by atoms with van der Waals surface area (Å²) >= 11 is 1.03. The number of nitrogens with one attached hydrogen (secondary N) is 2. The summed E-state index contributed by atoms with van der Waals surface area (Å²) in [5.41, 5.74) is 6.62. The first-order chi connectivity index (χ1) is 9.47. The number of carboxylic acid groups (broad SMARTS) is 1. The topological polar surface area (TPSA) is 134 Å². The first-order valence-electron chi connectivity index (χ1n) is 5.71. The van der Waals surface area contributed by atoms with Gasteiger partial charge in [0.1, 0.15) is 10.9 Å². The molecule has 20 heavy (non-hydrogen) atoms. The highest BCUT2D eigenvalue weighted by Crippen LogP contribution is 2.19. The number of imidazole rings is 1. The maximum absolute atomic E-state index is 12.0. The molecule has 1 unspecified atom stereocenters. The maximum atomic E-state index is 12.0. The van der Waals surface area contributed by atoms with Gasteiger partial charge in [0.25, 0.3) is 5.91 Å². The standard InChI is InChI=1S/C11H13N5O3S/c1-5-8(20-11(12)15-5)9(17)16-7(10(18)19)2-6-3-13-4-14-6/h3-4,7H,2H2,1H3,(H2,12,15)(H,13,14)(H,16,17)(H,18,19). The van der Waals surface area contributed by atoms with E-state index in [0.717, 1.165) is 11.3 Å². The number of carboxylic acids is 1. The van der Waals surface area contributed by atoms with Crippen LogP contribution in [0, 0.1) is 6.92 Å². The molecule has 1 amide bonds. The first kappa shape index (κ1) is 14.0. The van der Waals surface area contributed by atoms with Crippen LogP contribution in [0.1, 0.15) is 21.1 Å². The predicted octanol–water partition coefficient (Wildman–Crippen LogP) is 0.183. The minimum Gasteiger partial charge on any atom is -0.480 e. The zero-order chi connectivity index (χ0) is 14.7. The Labute approximate surface area is 118 Å². The number of aromatic amines is 1. The zero-order valence-electron chi connectivity index (χ0n) is 10.6. The number of anilines is 1. The molecule has 106 valence electrons. The molecule has 8 nitrogen and oxygen atoms in total. The number of rotatable bonds is 5. The minimum absolute atomic E-state index is 0.119. The second kappa shape index (κ2) is 5.70. The highest BCUT2D eigenvalue weighted by molar-refractivity contribution is 7.17. The molecule has 5 N–H and O–H groups in total. The fourth-order valence-corrected chi connectivity index (χ4v) is 2.40. The Morgan fingerprint density at radius 3 is 2.85 bits per heavy atom. The largest absolute Gasteiger partial charge is 0.480 e. The highest BCUT2D eigenvalue weighted by Gasteiger charge is 2.23. The smallest absolute Gasteiger partial charge is 0.326 e. The predicted molar refractivity (Wildman–Crippen MR) is 72.4 cm³/mol. The number of carbonyl (C=O) groups is 2. The number of aryl methyl sites for hydroxylation is 1. The third-order valence-corrected chi connectivity index (χ3v) is 3.59. The number of thiazole rings is 1. The van der Waals surface area contributed by atoms with E-state index in [0.29, 0.717) is 16.3 Å². The van der Waals surface area contributed by atoms with Crippen molar-refractivity contribution >= 4 is 28.3 Å². The van der Waals surface area contributed by atoms with Gasteiger partial charge >= 0.3 is 5.97 Å². The second-order valence-electron chi connectivity index (χ2n) is 4.11. The number of nitrogens with two attached hydrogens (primary N) is 1. The van der Waals surface area contributed by atoms with Crippen LogP contribution < -0.4 is 11.1 Å². The summed E-state index contributed by atoms with van der Waals surface area (Å²) in [6.07, 6.45) is 3.08. The van der Waals surface area contributed by atoms with Crippen LogP contribution in [0.25, 0.3) is 0 Å². The number of nitrogens with zero attached hydrogens (tertiary/aromatic N) is 2. The van der Waals surface area contributed by atoms with Crippen molar-refractivity contribution in [1.82, 2.24) is 20.3 Å². The summed E-state index contributed by atoms with van der Waals surface area (Å²) in [7, 11) is 0. The van der Waals surface area contributed by atoms with Gasteiger partial charge in [-0.25, -0.2) is 14.8 Å². The van der Waals surface area contributed by atoms with E-state index < -0.39 is 17.9 Å². The lowest BCUT2D eigenvalue weighted by atomic mass is 10.1. The molecule has 0 aliphatic heterocycles. The fraction of sp³-hybridized carbons (Fsp3) is 0.273. The van der Waals surface area contributed by atoms with Gasteiger partial charge in [0, 0.05) is 18.3 Å². The molecule has 9 heteroatoms. The van der Waals surface area contributed by atoms with Crippen LogP contribution in [-0.4, -0.2) is 38.0 Å². The van der Waals surface area contributed by atoms with Crippen LogP contribution in [0.2, 0.25) is 0 Å². The Morgan fingerprint density at radius 2 is 2.35 bits per heavy atom. The lowest BCUT2D eigenvalue weighted by Gasteiger charge is -2.13. The second-order valence-corrected chi connectivity index (χ2v) is 5.14. The molecule has 2 rings (SSSR count). The van der Waals surface area contributed by atoms with Crippen LogP contribution in [0.3, 0.4) is 0 Å². The SMILES string of the molecule is Cc1nc(N)sc1C(=O)NC(Cc1cnc[nH]1)C(=O)O. The molecule has 0 aliphatic rings. The minimum atomic E-state index is -1.12. The van der Waals surface area contributed by atoms with E-state index in [-0.39, 0.29) is 11.6 Å². The fourth-order valence-electron chi connectivity index (χ4n) is 1.67. The molecule has 0 aliphatic carbocycles. The number of nitrogen functional groups attached to an aromatic ring is 1. The summed E-state index contributed by atoms with van der Waals surface area (Å²) in [4.78, 5) is 34.1. The Balaban J connectivity index is 2.10. The number of hydrogen-bond donors (Lipinski definition) is 4. The van der Waals surface area contributed by atoms with E-state index in [1.807, 2.05) is 0 Å². The van der Waals surface area contributed by atoms with E-state index in [4.69, 9.17) is 10.8 Å². The lowest BCUT2D eigenvalue weighted by Crippen LogP contribution is -2.42. The lowest BCUT2D eigenvalue weighted by molar-refractivity contribution is -0.139. The van der Waals surface area contributed by atoms with Crippen LogP contribution in [0.4, 0.5) is 5.13 Å².